The third-order valence-corrected chi connectivity index (χ3v) is 4.25. The fraction of sp³-hybridized carbons (Fsp3) is 0.400. The van der Waals surface area contributed by atoms with Crippen molar-refractivity contribution in [1.29, 1.82) is 0 Å². The molecule has 3 rings (SSSR count). The summed E-state index contributed by atoms with van der Waals surface area (Å²) in [5, 5.41) is 0. The zero-order chi connectivity index (χ0) is 19.6. The Morgan fingerprint density at radius 3 is 2.67 bits per heavy atom. The van der Waals surface area contributed by atoms with Crippen LogP contribution in [-0.2, 0) is 0 Å². The molecule has 7 heteroatoms. The van der Waals surface area contributed by atoms with E-state index in [0.29, 0.717) is 29.6 Å². The number of nitrogens with two attached hydrogens (primary N) is 1. The Bertz CT molecular complexity index is 921. The lowest BCUT2D eigenvalue weighted by Gasteiger charge is -2.26. The predicted molar refractivity (Wildman–Crippen MR) is 101 cm³/mol. The van der Waals surface area contributed by atoms with E-state index in [-0.39, 0.29) is 5.69 Å². The largest absolute Gasteiger partial charge is 0.477 e. The summed E-state index contributed by atoms with van der Waals surface area (Å²) < 4.78 is 33.7. The van der Waals surface area contributed by atoms with E-state index in [2.05, 4.69) is 23.8 Å². The second-order valence-electron chi connectivity index (χ2n) is 7.52. The van der Waals surface area contributed by atoms with Crippen LogP contribution in [0.2, 0.25) is 0 Å². The molecule has 0 aliphatic heterocycles. The van der Waals surface area contributed by atoms with E-state index in [9.17, 15) is 8.78 Å². The highest BCUT2D eigenvalue weighted by atomic mass is 19.3. The van der Waals surface area contributed by atoms with Gasteiger partial charge in [-0.3, -0.25) is 9.38 Å². The molecule has 0 amide bonds. The summed E-state index contributed by atoms with van der Waals surface area (Å²) in [6.07, 6.45) is 3.03. The van der Waals surface area contributed by atoms with Crippen LogP contribution in [0.25, 0.3) is 16.8 Å². The lowest BCUT2D eigenvalue weighted by molar-refractivity contribution is 0.146. The van der Waals surface area contributed by atoms with Crippen LogP contribution < -0.4 is 10.5 Å². The van der Waals surface area contributed by atoms with Crippen LogP contribution in [0, 0.1) is 5.92 Å². The second-order valence-corrected chi connectivity index (χ2v) is 7.52. The van der Waals surface area contributed by atoms with Crippen molar-refractivity contribution in [2.24, 2.45) is 11.7 Å². The van der Waals surface area contributed by atoms with Gasteiger partial charge in [-0.15, -0.1) is 0 Å². The Morgan fingerprint density at radius 1 is 1.19 bits per heavy atom. The van der Waals surface area contributed by atoms with Crippen LogP contribution in [-0.4, -0.2) is 26.5 Å². The Labute approximate surface area is 157 Å². The Kier molecular flexibility index (Phi) is 5.41. The van der Waals surface area contributed by atoms with Crippen molar-refractivity contribution in [2.75, 3.05) is 6.61 Å². The van der Waals surface area contributed by atoms with E-state index in [0.717, 1.165) is 12.0 Å². The highest BCUT2D eigenvalue weighted by Gasteiger charge is 2.22. The lowest BCUT2D eigenvalue weighted by Crippen LogP contribution is -2.43. The molecule has 0 spiro atoms. The molecule has 5 nitrogen and oxygen atoms in total. The molecule has 0 bridgehead atoms. The van der Waals surface area contributed by atoms with E-state index >= 15 is 0 Å². The van der Waals surface area contributed by atoms with E-state index in [4.69, 9.17) is 10.5 Å². The molecule has 3 aromatic rings. The Hall–Kier alpha value is -2.54. The summed E-state index contributed by atoms with van der Waals surface area (Å²) in [5.41, 5.74) is 7.60. The molecule has 0 saturated carbocycles. The molecule has 0 unspecified atom stereocenters. The van der Waals surface area contributed by atoms with E-state index in [1.165, 1.54) is 12.3 Å². The number of imidazole rings is 1. The molecule has 0 radical (unpaired) electrons. The average Bonchev–Trinajstić information content (AvgIpc) is 3.08. The number of rotatable bonds is 7. The molecule has 0 fully saturated rings. The van der Waals surface area contributed by atoms with Gasteiger partial charge in [0.25, 0.3) is 6.43 Å². The summed E-state index contributed by atoms with van der Waals surface area (Å²) >= 11 is 0. The highest BCUT2D eigenvalue weighted by molar-refractivity contribution is 5.78. The van der Waals surface area contributed by atoms with Crippen molar-refractivity contribution in [3.8, 4) is 17.0 Å². The van der Waals surface area contributed by atoms with Gasteiger partial charge in [-0.05, 0) is 49.1 Å². The molecule has 0 saturated heterocycles. The van der Waals surface area contributed by atoms with Gasteiger partial charge >= 0.3 is 0 Å². The SMILES string of the molecule is CC(C)C[C@](C)(N)COc1ccc(-c2ccnc(C(F)F)c2)c2nccn12. The molecule has 0 aromatic carbocycles. The number of ether oxygens (including phenoxy) is 1. The molecular formula is C20H24F2N4O. The number of aromatic nitrogens is 3. The second kappa shape index (κ2) is 7.60. The maximum absolute atomic E-state index is 13.0. The minimum atomic E-state index is -2.62. The smallest absolute Gasteiger partial charge is 0.280 e. The van der Waals surface area contributed by atoms with Gasteiger partial charge in [0.15, 0.2) is 5.88 Å². The zero-order valence-corrected chi connectivity index (χ0v) is 15.7. The van der Waals surface area contributed by atoms with Crippen molar-refractivity contribution in [3.05, 3.63) is 48.5 Å². The standard InChI is InChI=1S/C20H24F2N4O/c1-13(2)11-20(3,23)12-27-17-5-4-15(19-25-8-9-26(17)19)14-6-7-24-16(10-14)18(21)22/h4-10,13,18H,11-12,23H2,1-3H3/t20-/m0/s1. The molecule has 27 heavy (non-hydrogen) atoms. The van der Waals surface area contributed by atoms with Crippen LogP contribution in [0.1, 0.15) is 39.3 Å². The van der Waals surface area contributed by atoms with E-state index in [1.54, 1.807) is 28.9 Å². The lowest BCUT2D eigenvalue weighted by atomic mass is 9.93. The third-order valence-electron chi connectivity index (χ3n) is 4.25. The Morgan fingerprint density at radius 2 is 1.96 bits per heavy atom. The number of fused-ring (bicyclic) bond motifs is 1. The molecule has 3 heterocycles. The molecular weight excluding hydrogens is 350 g/mol. The first-order valence-electron chi connectivity index (χ1n) is 8.89. The summed E-state index contributed by atoms with van der Waals surface area (Å²) in [6, 6.07) is 6.70. The summed E-state index contributed by atoms with van der Waals surface area (Å²) in [4.78, 5) is 8.08. The van der Waals surface area contributed by atoms with Gasteiger partial charge in [0, 0.05) is 29.7 Å². The molecule has 0 aliphatic carbocycles. The zero-order valence-electron chi connectivity index (χ0n) is 15.7. The van der Waals surface area contributed by atoms with Gasteiger partial charge in [0.1, 0.15) is 17.9 Å². The van der Waals surface area contributed by atoms with Crippen molar-refractivity contribution < 1.29 is 13.5 Å². The number of nitrogens with zero attached hydrogens (tertiary/aromatic N) is 3. The minimum Gasteiger partial charge on any atom is -0.477 e. The van der Waals surface area contributed by atoms with E-state index < -0.39 is 12.0 Å². The average molecular weight is 374 g/mol. The molecule has 144 valence electrons. The summed E-state index contributed by atoms with van der Waals surface area (Å²) in [6.45, 7) is 6.57. The maximum atomic E-state index is 13.0. The number of halogens is 2. The van der Waals surface area contributed by atoms with Crippen molar-refractivity contribution >= 4 is 5.65 Å². The number of hydrogen-bond donors (Lipinski definition) is 1. The normalized spacial score (nSPS) is 14.1. The predicted octanol–water partition coefficient (Wildman–Crippen LogP) is 4.48. The van der Waals surface area contributed by atoms with E-state index in [1.807, 2.05) is 13.0 Å². The van der Waals surface area contributed by atoms with Crippen LogP contribution in [0.15, 0.2) is 42.9 Å². The third kappa shape index (κ3) is 4.42. The van der Waals surface area contributed by atoms with Crippen LogP contribution in [0.4, 0.5) is 8.78 Å². The topological polar surface area (TPSA) is 65.4 Å². The van der Waals surface area contributed by atoms with Gasteiger partial charge in [-0.2, -0.15) is 0 Å². The summed E-state index contributed by atoms with van der Waals surface area (Å²) in [5.74, 6) is 1.07. The maximum Gasteiger partial charge on any atom is 0.280 e. The fourth-order valence-electron chi connectivity index (χ4n) is 3.30. The van der Waals surface area contributed by atoms with Crippen molar-refractivity contribution in [1.82, 2.24) is 14.4 Å². The Balaban J connectivity index is 1.91. The van der Waals surface area contributed by atoms with Crippen LogP contribution in [0.5, 0.6) is 5.88 Å². The van der Waals surface area contributed by atoms with Crippen molar-refractivity contribution in [2.45, 2.75) is 39.2 Å². The highest BCUT2D eigenvalue weighted by Crippen LogP contribution is 2.29. The van der Waals surface area contributed by atoms with Crippen molar-refractivity contribution in [3.63, 3.8) is 0 Å². The summed E-state index contributed by atoms with van der Waals surface area (Å²) in [7, 11) is 0. The first kappa shape index (κ1) is 19.2. The first-order chi connectivity index (χ1) is 12.8. The number of alkyl halides is 2. The fourth-order valence-corrected chi connectivity index (χ4v) is 3.30. The monoisotopic (exact) mass is 374 g/mol. The quantitative estimate of drug-likeness (QED) is 0.662. The van der Waals surface area contributed by atoms with Crippen LogP contribution >= 0.6 is 0 Å². The number of pyridine rings is 2. The van der Waals surface area contributed by atoms with Gasteiger partial charge in [0.05, 0.1) is 0 Å². The van der Waals surface area contributed by atoms with Crippen LogP contribution in [0.3, 0.4) is 0 Å². The molecule has 2 N–H and O–H groups in total. The molecule has 0 aliphatic rings. The van der Waals surface area contributed by atoms with Gasteiger partial charge in [-0.25, -0.2) is 13.8 Å². The van der Waals surface area contributed by atoms with Gasteiger partial charge in [-0.1, -0.05) is 13.8 Å². The van der Waals surface area contributed by atoms with Gasteiger partial charge in [0.2, 0.25) is 0 Å². The molecule has 1 atom stereocenters. The minimum absolute atomic E-state index is 0.259. The number of hydrogen-bond acceptors (Lipinski definition) is 4. The van der Waals surface area contributed by atoms with Gasteiger partial charge < -0.3 is 10.5 Å². The molecule has 3 aromatic heterocycles. The first-order valence-corrected chi connectivity index (χ1v) is 8.89.